The van der Waals surface area contributed by atoms with Crippen molar-refractivity contribution >= 4 is 11.9 Å². The maximum Gasteiger partial charge on any atom is 0.306 e. The minimum atomic E-state index is -0.722. The Hall–Kier alpha value is -1.10. The van der Waals surface area contributed by atoms with E-state index in [2.05, 4.69) is 11.8 Å². The Morgan fingerprint density at radius 1 is 1.05 bits per heavy atom. The number of carbonyl (C=O) groups excluding carboxylic acids is 1. The summed E-state index contributed by atoms with van der Waals surface area (Å²) >= 11 is 0. The van der Waals surface area contributed by atoms with E-state index < -0.39 is 5.97 Å². The zero-order chi connectivity index (χ0) is 15.2. The molecule has 0 aromatic rings. The van der Waals surface area contributed by atoms with Gasteiger partial charge in [0.25, 0.3) is 0 Å². The van der Waals surface area contributed by atoms with Crippen LogP contribution in [0, 0.1) is 5.92 Å². The van der Waals surface area contributed by atoms with Crippen LogP contribution in [-0.4, -0.2) is 59.0 Å². The van der Waals surface area contributed by atoms with Gasteiger partial charge in [-0.05, 0) is 45.7 Å². The van der Waals surface area contributed by atoms with Gasteiger partial charge in [0.05, 0.1) is 5.92 Å². The van der Waals surface area contributed by atoms with Gasteiger partial charge in [-0.3, -0.25) is 9.59 Å². The summed E-state index contributed by atoms with van der Waals surface area (Å²) in [6.45, 7) is 5.56. The molecule has 5 heteroatoms. The van der Waals surface area contributed by atoms with Gasteiger partial charge in [-0.2, -0.15) is 0 Å². The fraction of sp³-hybridized carbons (Fsp3) is 0.875. The molecule has 2 aliphatic rings. The van der Waals surface area contributed by atoms with Crippen LogP contribution < -0.4 is 0 Å². The number of likely N-dealkylation sites (tertiary alicyclic amines) is 2. The average Bonchev–Trinajstić information content (AvgIpc) is 2.76. The summed E-state index contributed by atoms with van der Waals surface area (Å²) < 4.78 is 0. The SMILES string of the molecule is C[C@H](CC(=O)N1CCC(C(=O)O)CC1)N1CCCCCC1. The van der Waals surface area contributed by atoms with E-state index in [1.807, 2.05) is 4.90 Å². The molecule has 0 spiro atoms. The number of aliphatic carboxylic acids is 1. The van der Waals surface area contributed by atoms with Gasteiger partial charge in [0.15, 0.2) is 0 Å². The first-order valence-corrected chi connectivity index (χ1v) is 8.32. The fourth-order valence-corrected chi connectivity index (χ4v) is 3.42. The molecular formula is C16H28N2O3. The molecular weight excluding hydrogens is 268 g/mol. The number of carboxylic acid groups (broad SMARTS) is 1. The molecule has 2 aliphatic heterocycles. The van der Waals surface area contributed by atoms with E-state index in [9.17, 15) is 9.59 Å². The minimum Gasteiger partial charge on any atom is -0.481 e. The third-order valence-corrected chi connectivity index (χ3v) is 4.93. The van der Waals surface area contributed by atoms with Crippen LogP contribution in [0.15, 0.2) is 0 Å². The Morgan fingerprint density at radius 3 is 2.14 bits per heavy atom. The van der Waals surface area contributed by atoms with Crippen LogP contribution >= 0.6 is 0 Å². The third kappa shape index (κ3) is 4.70. The number of rotatable bonds is 4. The van der Waals surface area contributed by atoms with Crippen molar-refractivity contribution in [3.63, 3.8) is 0 Å². The lowest BCUT2D eigenvalue weighted by atomic mass is 9.96. The summed E-state index contributed by atoms with van der Waals surface area (Å²) in [4.78, 5) is 27.6. The lowest BCUT2D eigenvalue weighted by Gasteiger charge is -2.33. The van der Waals surface area contributed by atoms with Gasteiger partial charge < -0.3 is 14.9 Å². The van der Waals surface area contributed by atoms with Gasteiger partial charge >= 0.3 is 5.97 Å². The maximum absolute atomic E-state index is 12.4. The molecule has 0 bridgehead atoms. The highest BCUT2D eigenvalue weighted by atomic mass is 16.4. The summed E-state index contributed by atoms with van der Waals surface area (Å²) in [6, 6.07) is 0.299. The minimum absolute atomic E-state index is 0.190. The number of amides is 1. The van der Waals surface area contributed by atoms with Gasteiger partial charge in [-0.25, -0.2) is 0 Å². The van der Waals surface area contributed by atoms with Gasteiger partial charge in [0, 0.05) is 25.6 Å². The number of piperidine rings is 1. The number of carboxylic acids is 1. The molecule has 0 aromatic carbocycles. The zero-order valence-electron chi connectivity index (χ0n) is 13.1. The highest BCUT2D eigenvalue weighted by molar-refractivity contribution is 5.77. The smallest absolute Gasteiger partial charge is 0.306 e. The molecule has 2 heterocycles. The van der Waals surface area contributed by atoms with Crippen molar-refractivity contribution in [3.8, 4) is 0 Å². The van der Waals surface area contributed by atoms with Gasteiger partial charge in [-0.15, -0.1) is 0 Å². The van der Waals surface area contributed by atoms with E-state index in [0.29, 0.717) is 38.4 Å². The van der Waals surface area contributed by atoms with Crippen molar-refractivity contribution in [1.82, 2.24) is 9.80 Å². The topological polar surface area (TPSA) is 60.9 Å². The van der Waals surface area contributed by atoms with Crippen molar-refractivity contribution in [2.45, 2.75) is 57.9 Å². The summed E-state index contributed by atoms with van der Waals surface area (Å²) in [5, 5.41) is 9.00. The lowest BCUT2D eigenvalue weighted by molar-refractivity contribution is -0.146. The normalized spacial score (nSPS) is 23.6. The van der Waals surface area contributed by atoms with E-state index in [0.717, 1.165) is 13.1 Å². The van der Waals surface area contributed by atoms with Crippen LogP contribution in [0.5, 0.6) is 0 Å². The molecule has 0 aromatic heterocycles. The molecule has 2 saturated heterocycles. The molecule has 2 fully saturated rings. The van der Waals surface area contributed by atoms with Crippen molar-refractivity contribution < 1.29 is 14.7 Å². The molecule has 120 valence electrons. The Morgan fingerprint density at radius 2 is 1.62 bits per heavy atom. The summed E-state index contributed by atoms with van der Waals surface area (Å²) in [5.41, 5.74) is 0. The van der Waals surface area contributed by atoms with E-state index in [1.54, 1.807) is 0 Å². The lowest BCUT2D eigenvalue weighted by Crippen LogP contribution is -2.43. The second kappa shape index (κ2) is 7.78. The van der Waals surface area contributed by atoms with E-state index in [1.165, 1.54) is 25.7 Å². The largest absolute Gasteiger partial charge is 0.481 e. The summed E-state index contributed by atoms with van der Waals surface area (Å²) in [7, 11) is 0. The fourth-order valence-electron chi connectivity index (χ4n) is 3.42. The van der Waals surface area contributed by atoms with Crippen molar-refractivity contribution in [1.29, 1.82) is 0 Å². The first-order chi connectivity index (χ1) is 10.1. The van der Waals surface area contributed by atoms with Crippen LogP contribution in [0.3, 0.4) is 0 Å². The Balaban J connectivity index is 1.77. The van der Waals surface area contributed by atoms with Gasteiger partial charge in [-0.1, -0.05) is 12.8 Å². The Labute approximate surface area is 127 Å². The molecule has 21 heavy (non-hydrogen) atoms. The van der Waals surface area contributed by atoms with Crippen LogP contribution in [0.4, 0.5) is 0 Å². The van der Waals surface area contributed by atoms with E-state index in [-0.39, 0.29) is 11.8 Å². The number of nitrogens with zero attached hydrogens (tertiary/aromatic N) is 2. The second-order valence-electron chi connectivity index (χ2n) is 6.50. The molecule has 1 atom stereocenters. The summed E-state index contributed by atoms with van der Waals surface area (Å²) in [6.07, 6.45) is 6.85. The van der Waals surface area contributed by atoms with E-state index >= 15 is 0 Å². The predicted octanol–water partition coefficient (Wildman–Crippen LogP) is 1.96. The van der Waals surface area contributed by atoms with Crippen LogP contribution in [-0.2, 0) is 9.59 Å². The average molecular weight is 296 g/mol. The standard InChI is InChI=1S/C16H28N2O3/c1-13(17-8-4-2-3-5-9-17)12-15(19)18-10-6-14(7-11-18)16(20)21/h13-14H,2-12H2,1H3,(H,20,21)/t13-/m1/s1. The molecule has 1 N–H and O–H groups in total. The quantitative estimate of drug-likeness (QED) is 0.861. The Kier molecular flexibility index (Phi) is 6.03. The van der Waals surface area contributed by atoms with Crippen molar-refractivity contribution in [2.75, 3.05) is 26.2 Å². The van der Waals surface area contributed by atoms with Crippen molar-refractivity contribution in [3.05, 3.63) is 0 Å². The molecule has 0 unspecified atom stereocenters. The molecule has 0 radical (unpaired) electrons. The van der Waals surface area contributed by atoms with Crippen LogP contribution in [0.1, 0.15) is 51.9 Å². The monoisotopic (exact) mass is 296 g/mol. The second-order valence-corrected chi connectivity index (χ2v) is 6.50. The number of hydrogen-bond acceptors (Lipinski definition) is 3. The van der Waals surface area contributed by atoms with E-state index in [4.69, 9.17) is 5.11 Å². The molecule has 0 aliphatic carbocycles. The van der Waals surface area contributed by atoms with Crippen molar-refractivity contribution in [2.24, 2.45) is 5.92 Å². The summed E-state index contributed by atoms with van der Waals surface area (Å²) in [5.74, 6) is -0.798. The first-order valence-electron chi connectivity index (χ1n) is 8.32. The highest BCUT2D eigenvalue weighted by Crippen LogP contribution is 2.20. The van der Waals surface area contributed by atoms with Crippen LogP contribution in [0.2, 0.25) is 0 Å². The molecule has 2 rings (SSSR count). The molecule has 5 nitrogen and oxygen atoms in total. The molecule has 1 amide bonds. The first kappa shape index (κ1) is 16.3. The molecule has 0 saturated carbocycles. The van der Waals surface area contributed by atoms with Gasteiger partial charge in [0.1, 0.15) is 0 Å². The predicted molar refractivity (Wildman–Crippen MR) is 81.1 cm³/mol. The number of hydrogen-bond donors (Lipinski definition) is 1. The zero-order valence-corrected chi connectivity index (χ0v) is 13.1. The Bertz CT molecular complexity index is 357. The third-order valence-electron chi connectivity index (χ3n) is 4.93. The maximum atomic E-state index is 12.4. The van der Waals surface area contributed by atoms with Gasteiger partial charge in [0.2, 0.25) is 5.91 Å². The van der Waals surface area contributed by atoms with Crippen LogP contribution in [0.25, 0.3) is 0 Å². The highest BCUT2D eigenvalue weighted by Gasteiger charge is 2.28. The number of carbonyl (C=O) groups is 2.